The van der Waals surface area contributed by atoms with Gasteiger partial charge in [-0.05, 0) is 38.0 Å². The number of nitrogens with one attached hydrogen (secondary N) is 1. The summed E-state index contributed by atoms with van der Waals surface area (Å²) in [4.78, 5) is 12.1. The van der Waals surface area contributed by atoms with Gasteiger partial charge < -0.3 is 15.8 Å². The molecule has 0 fully saturated rings. The average molecular weight is 302 g/mol. The molecule has 1 amide bonds. The van der Waals surface area contributed by atoms with E-state index in [-0.39, 0.29) is 11.9 Å². The predicted molar refractivity (Wildman–Crippen MR) is 85.9 cm³/mol. The minimum atomic E-state index is -0.615. The summed E-state index contributed by atoms with van der Waals surface area (Å²) in [7, 11) is 1.62. The van der Waals surface area contributed by atoms with E-state index in [0.717, 1.165) is 11.3 Å². The zero-order chi connectivity index (χ0) is 16.1. The Kier molecular flexibility index (Phi) is 5.16. The van der Waals surface area contributed by atoms with Crippen molar-refractivity contribution in [2.75, 3.05) is 12.4 Å². The molecular weight excluding hydrogens is 280 g/mol. The third-order valence-electron chi connectivity index (χ3n) is 3.35. The van der Waals surface area contributed by atoms with E-state index in [9.17, 15) is 4.79 Å². The Morgan fingerprint density at radius 1 is 1.36 bits per heavy atom. The van der Waals surface area contributed by atoms with Crippen LogP contribution in [0.5, 0.6) is 5.75 Å². The summed E-state index contributed by atoms with van der Waals surface area (Å²) in [6.07, 6.45) is 3.88. The highest BCUT2D eigenvalue weighted by Gasteiger charge is 2.15. The molecule has 0 bridgehead atoms. The molecule has 0 aliphatic carbocycles. The van der Waals surface area contributed by atoms with Crippen LogP contribution in [0.4, 0.5) is 5.69 Å². The minimum Gasteiger partial charge on any atom is -0.497 e. The van der Waals surface area contributed by atoms with Crippen molar-refractivity contribution < 1.29 is 9.53 Å². The van der Waals surface area contributed by atoms with E-state index in [1.165, 1.54) is 0 Å². The lowest BCUT2D eigenvalue weighted by atomic mass is 10.1. The molecule has 0 saturated carbocycles. The Morgan fingerprint density at radius 2 is 2.05 bits per heavy atom. The quantitative estimate of drug-likeness (QED) is 0.855. The van der Waals surface area contributed by atoms with Gasteiger partial charge in [-0.3, -0.25) is 9.48 Å². The van der Waals surface area contributed by atoms with Crippen LogP contribution in [-0.4, -0.2) is 28.8 Å². The molecule has 1 aromatic heterocycles. The van der Waals surface area contributed by atoms with Gasteiger partial charge in [0, 0.05) is 12.2 Å². The van der Waals surface area contributed by atoms with E-state index in [2.05, 4.69) is 10.4 Å². The standard InChI is InChI=1S/C16H22N4O2/c1-11(2)20-10-13(9-18-20)19-16(21)15(17)8-12-4-6-14(22-3)7-5-12/h4-7,9-11,15H,8,17H2,1-3H3,(H,19,21)/t15-/m0/s1. The lowest BCUT2D eigenvalue weighted by Crippen LogP contribution is -2.37. The van der Waals surface area contributed by atoms with Crippen LogP contribution < -0.4 is 15.8 Å². The van der Waals surface area contributed by atoms with Gasteiger partial charge in [0.15, 0.2) is 0 Å². The molecule has 118 valence electrons. The average Bonchev–Trinajstić information content (AvgIpc) is 2.96. The number of aromatic nitrogens is 2. The van der Waals surface area contributed by atoms with E-state index < -0.39 is 6.04 Å². The number of ether oxygens (including phenoxy) is 1. The van der Waals surface area contributed by atoms with E-state index in [1.54, 1.807) is 24.2 Å². The van der Waals surface area contributed by atoms with Crippen molar-refractivity contribution in [2.24, 2.45) is 5.73 Å². The van der Waals surface area contributed by atoms with E-state index >= 15 is 0 Å². The van der Waals surface area contributed by atoms with Gasteiger partial charge in [0.05, 0.1) is 25.0 Å². The van der Waals surface area contributed by atoms with Gasteiger partial charge in [0.25, 0.3) is 0 Å². The van der Waals surface area contributed by atoms with Crippen molar-refractivity contribution in [1.29, 1.82) is 0 Å². The third kappa shape index (κ3) is 4.08. The molecule has 2 aromatic rings. The molecule has 0 unspecified atom stereocenters. The lowest BCUT2D eigenvalue weighted by Gasteiger charge is -2.11. The zero-order valence-corrected chi connectivity index (χ0v) is 13.1. The monoisotopic (exact) mass is 302 g/mol. The summed E-state index contributed by atoms with van der Waals surface area (Å²) in [5.74, 6) is 0.557. The van der Waals surface area contributed by atoms with Gasteiger partial charge in [-0.25, -0.2) is 0 Å². The summed E-state index contributed by atoms with van der Waals surface area (Å²) in [6, 6.07) is 7.15. The second kappa shape index (κ2) is 7.09. The zero-order valence-electron chi connectivity index (χ0n) is 13.1. The first-order valence-corrected chi connectivity index (χ1v) is 7.23. The molecule has 6 heteroatoms. The molecule has 1 aromatic carbocycles. The fourth-order valence-electron chi connectivity index (χ4n) is 2.03. The van der Waals surface area contributed by atoms with Crippen LogP contribution in [0.1, 0.15) is 25.5 Å². The highest BCUT2D eigenvalue weighted by Crippen LogP contribution is 2.14. The number of carbonyl (C=O) groups is 1. The Bertz CT molecular complexity index is 619. The number of methoxy groups -OCH3 is 1. The lowest BCUT2D eigenvalue weighted by molar-refractivity contribution is -0.117. The molecule has 1 heterocycles. The second-order valence-corrected chi connectivity index (χ2v) is 5.45. The molecule has 0 spiro atoms. The predicted octanol–water partition coefficient (Wildman–Crippen LogP) is 1.98. The van der Waals surface area contributed by atoms with Gasteiger partial charge in [0.2, 0.25) is 5.91 Å². The van der Waals surface area contributed by atoms with Crippen LogP contribution >= 0.6 is 0 Å². The molecule has 1 atom stereocenters. The number of nitrogens with zero attached hydrogens (tertiary/aromatic N) is 2. The largest absolute Gasteiger partial charge is 0.497 e. The van der Waals surface area contributed by atoms with Crippen LogP contribution in [0.2, 0.25) is 0 Å². The number of hydrogen-bond donors (Lipinski definition) is 2. The molecule has 0 aliphatic rings. The summed E-state index contributed by atoms with van der Waals surface area (Å²) in [5, 5.41) is 6.97. The first-order valence-electron chi connectivity index (χ1n) is 7.23. The van der Waals surface area contributed by atoms with Crippen LogP contribution in [-0.2, 0) is 11.2 Å². The third-order valence-corrected chi connectivity index (χ3v) is 3.35. The molecule has 0 saturated heterocycles. The normalized spacial score (nSPS) is 12.2. The number of amides is 1. The maximum atomic E-state index is 12.1. The smallest absolute Gasteiger partial charge is 0.241 e. The number of rotatable bonds is 6. The van der Waals surface area contributed by atoms with Gasteiger partial charge in [-0.2, -0.15) is 5.10 Å². The van der Waals surface area contributed by atoms with Crippen molar-refractivity contribution in [3.63, 3.8) is 0 Å². The molecule has 0 aliphatic heterocycles. The summed E-state index contributed by atoms with van der Waals surface area (Å²) in [5.41, 5.74) is 7.61. The number of benzene rings is 1. The summed E-state index contributed by atoms with van der Waals surface area (Å²) in [6.45, 7) is 4.04. The van der Waals surface area contributed by atoms with Crippen molar-refractivity contribution in [3.8, 4) is 5.75 Å². The van der Waals surface area contributed by atoms with Crippen LogP contribution in [0.25, 0.3) is 0 Å². The van der Waals surface area contributed by atoms with E-state index in [0.29, 0.717) is 12.1 Å². The summed E-state index contributed by atoms with van der Waals surface area (Å²) >= 11 is 0. The van der Waals surface area contributed by atoms with Gasteiger partial charge in [-0.1, -0.05) is 12.1 Å². The molecule has 3 N–H and O–H groups in total. The highest BCUT2D eigenvalue weighted by molar-refractivity contribution is 5.94. The SMILES string of the molecule is COc1ccc(C[C@H](N)C(=O)Nc2cnn(C(C)C)c2)cc1. The minimum absolute atomic E-state index is 0.223. The van der Waals surface area contributed by atoms with Crippen LogP contribution in [0, 0.1) is 0 Å². The van der Waals surface area contributed by atoms with Crippen molar-refractivity contribution >= 4 is 11.6 Å². The number of nitrogens with two attached hydrogens (primary N) is 1. The van der Waals surface area contributed by atoms with Gasteiger partial charge >= 0.3 is 0 Å². The van der Waals surface area contributed by atoms with Crippen molar-refractivity contribution in [1.82, 2.24) is 9.78 Å². The Hall–Kier alpha value is -2.34. The van der Waals surface area contributed by atoms with Crippen LogP contribution in [0.3, 0.4) is 0 Å². The number of carbonyl (C=O) groups excluding carboxylic acids is 1. The molecule has 2 rings (SSSR count). The number of hydrogen-bond acceptors (Lipinski definition) is 4. The Balaban J connectivity index is 1.93. The van der Waals surface area contributed by atoms with Crippen LogP contribution in [0.15, 0.2) is 36.7 Å². The maximum Gasteiger partial charge on any atom is 0.241 e. The fourth-order valence-corrected chi connectivity index (χ4v) is 2.03. The second-order valence-electron chi connectivity index (χ2n) is 5.45. The first kappa shape index (κ1) is 16.0. The van der Waals surface area contributed by atoms with E-state index in [4.69, 9.17) is 10.5 Å². The molecule has 22 heavy (non-hydrogen) atoms. The molecule has 0 radical (unpaired) electrons. The topological polar surface area (TPSA) is 82.2 Å². The van der Waals surface area contributed by atoms with Gasteiger partial charge in [-0.15, -0.1) is 0 Å². The maximum absolute atomic E-state index is 12.1. The Labute approximate surface area is 130 Å². The summed E-state index contributed by atoms with van der Waals surface area (Å²) < 4.78 is 6.88. The molecular formula is C16H22N4O2. The highest BCUT2D eigenvalue weighted by atomic mass is 16.5. The van der Waals surface area contributed by atoms with Gasteiger partial charge in [0.1, 0.15) is 5.75 Å². The van der Waals surface area contributed by atoms with Crippen molar-refractivity contribution in [3.05, 3.63) is 42.2 Å². The molecule has 6 nitrogen and oxygen atoms in total. The van der Waals surface area contributed by atoms with E-state index in [1.807, 2.05) is 38.1 Å². The Morgan fingerprint density at radius 3 is 2.59 bits per heavy atom. The first-order chi connectivity index (χ1) is 10.5. The number of anilines is 1. The fraction of sp³-hybridized carbons (Fsp3) is 0.375. The van der Waals surface area contributed by atoms with Crippen molar-refractivity contribution in [2.45, 2.75) is 32.4 Å².